The average Bonchev–Trinajstić information content (AvgIpc) is 2.68. The van der Waals surface area contributed by atoms with Crippen LogP contribution in [0.25, 0.3) is 0 Å². The number of nitrogens with one attached hydrogen (secondary N) is 2. The maximum atomic E-state index is 11.9. The van der Waals surface area contributed by atoms with Crippen LogP contribution in [0.3, 0.4) is 0 Å². The van der Waals surface area contributed by atoms with E-state index in [-0.39, 0.29) is 0 Å². The second-order valence-electron chi connectivity index (χ2n) is 5.63. The minimum atomic E-state index is -0.440. The van der Waals surface area contributed by atoms with E-state index in [2.05, 4.69) is 26.7 Å². The molecule has 0 aliphatic rings. The number of nitriles is 1. The number of ether oxygens (including phenoxy) is 1. The zero-order chi connectivity index (χ0) is 19.2. The molecular weight excluding hydrogens is 342 g/mol. The summed E-state index contributed by atoms with van der Waals surface area (Å²) in [5.74, 6) is 1.14. The molecule has 134 valence electrons. The van der Waals surface area contributed by atoms with Crippen LogP contribution in [0.1, 0.15) is 21.7 Å². The summed E-state index contributed by atoms with van der Waals surface area (Å²) < 4.78 is 4.81. The summed E-state index contributed by atoms with van der Waals surface area (Å²) in [6.07, 6.45) is 0. The van der Waals surface area contributed by atoms with Crippen LogP contribution >= 0.6 is 0 Å². The fourth-order valence-corrected chi connectivity index (χ4v) is 2.54. The number of rotatable bonds is 5. The van der Waals surface area contributed by atoms with Crippen LogP contribution in [0.5, 0.6) is 0 Å². The summed E-state index contributed by atoms with van der Waals surface area (Å²) in [6, 6.07) is 18.0. The summed E-state index contributed by atoms with van der Waals surface area (Å²) in [4.78, 5) is 20.6. The van der Waals surface area contributed by atoms with Crippen LogP contribution in [0.15, 0.2) is 54.6 Å². The maximum absolute atomic E-state index is 11.9. The monoisotopic (exact) mass is 359 g/mol. The number of aromatic nitrogens is 2. The number of nitrogens with zero attached hydrogens (tertiary/aromatic N) is 3. The Bertz CT molecular complexity index is 1030. The summed E-state index contributed by atoms with van der Waals surface area (Å²) in [5.41, 5.74) is 2.14. The number of hydrogen-bond donors (Lipinski definition) is 2. The largest absolute Gasteiger partial charge is 0.465 e. The molecule has 0 amide bonds. The van der Waals surface area contributed by atoms with Crippen LogP contribution in [-0.2, 0) is 4.74 Å². The summed E-state index contributed by atoms with van der Waals surface area (Å²) >= 11 is 0. The molecule has 3 rings (SSSR count). The van der Waals surface area contributed by atoms with Gasteiger partial charge in [0.15, 0.2) is 0 Å². The van der Waals surface area contributed by atoms with E-state index < -0.39 is 5.97 Å². The molecule has 7 heteroatoms. The molecule has 0 aliphatic carbocycles. The van der Waals surface area contributed by atoms with Gasteiger partial charge in [0, 0.05) is 6.07 Å². The van der Waals surface area contributed by atoms with Gasteiger partial charge in [0.05, 0.1) is 29.6 Å². The Labute approximate surface area is 156 Å². The van der Waals surface area contributed by atoms with Crippen LogP contribution in [-0.4, -0.2) is 23.0 Å². The van der Waals surface area contributed by atoms with Crippen LogP contribution < -0.4 is 10.6 Å². The molecule has 0 saturated heterocycles. The molecule has 0 spiro atoms. The number of carbonyl (C=O) groups is 1. The molecule has 7 nitrogen and oxygen atoms in total. The lowest BCUT2D eigenvalue weighted by Gasteiger charge is -2.13. The third-order valence-corrected chi connectivity index (χ3v) is 3.74. The first-order chi connectivity index (χ1) is 13.1. The van der Waals surface area contributed by atoms with Gasteiger partial charge in [-0.15, -0.1) is 0 Å². The smallest absolute Gasteiger partial charge is 0.339 e. The molecule has 27 heavy (non-hydrogen) atoms. The number of esters is 1. The van der Waals surface area contributed by atoms with Crippen molar-refractivity contribution in [3.05, 3.63) is 71.5 Å². The van der Waals surface area contributed by atoms with Crippen molar-refractivity contribution in [2.24, 2.45) is 0 Å². The fraction of sp³-hybridized carbons (Fsp3) is 0.100. The number of aryl methyl sites for hydroxylation is 1. The lowest BCUT2D eigenvalue weighted by atomic mass is 10.2. The molecular formula is C20H17N5O2. The van der Waals surface area contributed by atoms with E-state index in [4.69, 9.17) is 4.74 Å². The van der Waals surface area contributed by atoms with E-state index in [1.165, 1.54) is 7.11 Å². The molecule has 0 radical (unpaired) electrons. The highest BCUT2D eigenvalue weighted by atomic mass is 16.5. The molecule has 1 heterocycles. The third kappa shape index (κ3) is 4.19. The molecule has 0 saturated carbocycles. The van der Waals surface area contributed by atoms with Crippen molar-refractivity contribution in [2.75, 3.05) is 17.7 Å². The van der Waals surface area contributed by atoms with Crippen molar-refractivity contribution in [1.29, 1.82) is 5.26 Å². The molecule has 0 unspecified atom stereocenters. The van der Waals surface area contributed by atoms with Gasteiger partial charge in [-0.1, -0.05) is 24.3 Å². The number of benzene rings is 2. The Kier molecular flexibility index (Phi) is 5.28. The average molecular weight is 359 g/mol. The van der Waals surface area contributed by atoms with E-state index in [0.29, 0.717) is 40.0 Å². The highest BCUT2D eigenvalue weighted by molar-refractivity contribution is 5.96. The first kappa shape index (κ1) is 17.9. The normalized spacial score (nSPS) is 9.96. The van der Waals surface area contributed by atoms with E-state index in [9.17, 15) is 10.1 Å². The van der Waals surface area contributed by atoms with E-state index in [0.717, 1.165) is 0 Å². The van der Waals surface area contributed by atoms with Gasteiger partial charge in [-0.3, -0.25) is 0 Å². The van der Waals surface area contributed by atoms with Gasteiger partial charge in [0.1, 0.15) is 23.5 Å². The Balaban J connectivity index is 1.91. The van der Waals surface area contributed by atoms with Crippen molar-refractivity contribution in [3.63, 3.8) is 0 Å². The Hall–Kier alpha value is -3.92. The Morgan fingerprint density at radius 2 is 1.59 bits per heavy atom. The van der Waals surface area contributed by atoms with Crippen molar-refractivity contribution >= 4 is 29.0 Å². The zero-order valence-corrected chi connectivity index (χ0v) is 14.9. The quantitative estimate of drug-likeness (QED) is 0.666. The number of hydrogen-bond acceptors (Lipinski definition) is 7. The standard InChI is InChI=1S/C20H17N5O2/c1-13-22-18(24-16-9-5-3-7-14(16)12-21)11-19(23-13)25-17-10-6-4-8-15(17)20(26)27-2/h3-11H,1-2H3,(H2,22,23,24,25). The fourth-order valence-electron chi connectivity index (χ4n) is 2.54. The Morgan fingerprint density at radius 3 is 2.26 bits per heavy atom. The van der Waals surface area contributed by atoms with Gasteiger partial charge in [-0.25, -0.2) is 14.8 Å². The highest BCUT2D eigenvalue weighted by Gasteiger charge is 2.12. The van der Waals surface area contributed by atoms with Crippen molar-refractivity contribution in [3.8, 4) is 6.07 Å². The second kappa shape index (κ2) is 7.97. The number of para-hydroxylation sites is 2. The first-order valence-electron chi connectivity index (χ1n) is 8.17. The molecule has 3 aromatic rings. The Morgan fingerprint density at radius 1 is 1.00 bits per heavy atom. The van der Waals surface area contributed by atoms with Crippen molar-refractivity contribution in [2.45, 2.75) is 6.92 Å². The van der Waals surface area contributed by atoms with Crippen LogP contribution in [0.4, 0.5) is 23.0 Å². The molecule has 2 N–H and O–H groups in total. The lowest BCUT2D eigenvalue weighted by molar-refractivity contribution is 0.0602. The van der Waals surface area contributed by atoms with Gasteiger partial charge >= 0.3 is 5.97 Å². The summed E-state index contributed by atoms with van der Waals surface area (Å²) in [7, 11) is 1.34. The minimum absolute atomic E-state index is 0.403. The second-order valence-corrected chi connectivity index (χ2v) is 5.63. The van der Waals surface area contributed by atoms with Crippen molar-refractivity contribution in [1.82, 2.24) is 9.97 Å². The molecule has 0 fully saturated rings. The lowest BCUT2D eigenvalue weighted by Crippen LogP contribution is -2.07. The summed E-state index contributed by atoms with van der Waals surface area (Å²) in [5, 5.41) is 15.5. The van der Waals surface area contributed by atoms with Gasteiger partial charge in [-0.2, -0.15) is 5.26 Å². The van der Waals surface area contributed by atoms with Gasteiger partial charge in [-0.05, 0) is 31.2 Å². The highest BCUT2D eigenvalue weighted by Crippen LogP contribution is 2.24. The summed E-state index contributed by atoms with van der Waals surface area (Å²) in [6.45, 7) is 1.76. The van der Waals surface area contributed by atoms with E-state index in [1.54, 1.807) is 49.4 Å². The predicted octanol–water partition coefficient (Wildman–Crippen LogP) is 3.93. The molecule has 2 aromatic carbocycles. The van der Waals surface area contributed by atoms with Crippen molar-refractivity contribution < 1.29 is 9.53 Å². The van der Waals surface area contributed by atoms with Crippen LogP contribution in [0, 0.1) is 18.3 Å². The molecule has 0 bridgehead atoms. The number of methoxy groups -OCH3 is 1. The zero-order valence-electron chi connectivity index (χ0n) is 14.9. The van der Waals surface area contributed by atoms with E-state index >= 15 is 0 Å². The number of anilines is 4. The topological polar surface area (TPSA) is 99.9 Å². The van der Waals surface area contributed by atoms with Gasteiger partial charge in [0.2, 0.25) is 0 Å². The maximum Gasteiger partial charge on any atom is 0.339 e. The molecule has 0 atom stereocenters. The molecule has 0 aliphatic heterocycles. The van der Waals surface area contributed by atoms with Gasteiger partial charge in [0.25, 0.3) is 0 Å². The predicted molar refractivity (Wildman–Crippen MR) is 102 cm³/mol. The third-order valence-electron chi connectivity index (χ3n) is 3.74. The number of carbonyl (C=O) groups excluding carboxylic acids is 1. The van der Waals surface area contributed by atoms with Gasteiger partial charge < -0.3 is 15.4 Å². The first-order valence-corrected chi connectivity index (χ1v) is 8.17. The minimum Gasteiger partial charge on any atom is -0.465 e. The SMILES string of the molecule is COC(=O)c1ccccc1Nc1cc(Nc2ccccc2C#N)nc(C)n1. The van der Waals surface area contributed by atoms with Crippen LogP contribution in [0.2, 0.25) is 0 Å². The van der Waals surface area contributed by atoms with E-state index in [1.807, 2.05) is 12.1 Å². The molecule has 1 aromatic heterocycles.